The number of carboxylic acid groups (broad SMARTS) is 1. The van der Waals surface area contributed by atoms with Crippen LogP contribution in [0, 0.1) is 0 Å². The molecular formula is C25H28N2O6S. The smallest absolute Gasteiger partial charge is 0.407 e. The molecule has 2 aromatic rings. The van der Waals surface area contributed by atoms with Crippen LogP contribution in [0.1, 0.15) is 29.9 Å². The second kappa shape index (κ2) is 11.4. The Labute approximate surface area is 202 Å². The van der Waals surface area contributed by atoms with E-state index in [4.69, 9.17) is 14.6 Å². The van der Waals surface area contributed by atoms with Gasteiger partial charge in [0.25, 0.3) is 0 Å². The standard InChI is InChI=1S/C25H28N2O6S/c28-23(27-13-16-9-10-22(33-16)24(29)30)15-34-12-11-26-25(31)32-14-21-19-7-3-1-5-17(19)18-6-2-4-8-20(18)21/h1-8,16,21-22H,9-15H2,(H,26,31)(H,27,28)(H,29,30). The van der Waals surface area contributed by atoms with Crippen molar-refractivity contribution in [3.8, 4) is 11.1 Å². The van der Waals surface area contributed by atoms with Gasteiger partial charge in [0.05, 0.1) is 11.9 Å². The fourth-order valence-corrected chi connectivity index (χ4v) is 5.03. The van der Waals surface area contributed by atoms with Crippen LogP contribution in [0.3, 0.4) is 0 Å². The van der Waals surface area contributed by atoms with Crippen molar-refractivity contribution in [2.45, 2.75) is 31.0 Å². The first-order chi connectivity index (χ1) is 16.5. The molecule has 9 heteroatoms. The third kappa shape index (κ3) is 5.90. The first-order valence-corrected chi connectivity index (χ1v) is 12.5. The Morgan fingerprint density at radius 1 is 1.00 bits per heavy atom. The summed E-state index contributed by atoms with van der Waals surface area (Å²) < 4.78 is 10.9. The maximum Gasteiger partial charge on any atom is 0.407 e. The summed E-state index contributed by atoms with van der Waals surface area (Å²) in [6.07, 6.45) is -0.426. The van der Waals surface area contributed by atoms with Gasteiger partial charge in [0.15, 0.2) is 6.10 Å². The molecule has 0 spiro atoms. The minimum Gasteiger partial charge on any atom is -0.479 e. The Kier molecular flexibility index (Phi) is 8.08. The lowest BCUT2D eigenvalue weighted by Gasteiger charge is -2.14. The Hall–Kier alpha value is -3.04. The third-order valence-corrected chi connectivity index (χ3v) is 6.96. The molecule has 180 valence electrons. The number of carboxylic acids is 1. The summed E-state index contributed by atoms with van der Waals surface area (Å²) in [4.78, 5) is 35.0. The van der Waals surface area contributed by atoms with Gasteiger partial charge in [-0.1, -0.05) is 48.5 Å². The van der Waals surface area contributed by atoms with Crippen molar-refractivity contribution in [2.75, 3.05) is 31.2 Å². The van der Waals surface area contributed by atoms with Crippen molar-refractivity contribution < 1.29 is 29.0 Å². The molecule has 2 amide bonds. The second-order valence-electron chi connectivity index (χ2n) is 8.27. The van der Waals surface area contributed by atoms with Crippen LogP contribution in [-0.4, -0.2) is 66.5 Å². The van der Waals surface area contributed by atoms with Gasteiger partial charge in [-0.05, 0) is 35.1 Å². The van der Waals surface area contributed by atoms with E-state index in [1.165, 1.54) is 34.0 Å². The molecular weight excluding hydrogens is 456 g/mol. The summed E-state index contributed by atoms with van der Waals surface area (Å²) in [5.41, 5.74) is 4.70. The van der Waals surface area contributed by atoms with Crippen LogP contribution in [0.2, 0.25) is 0 Å². The van der Waals surface area contributed by atoms with Gasteiger partial charge in [0.1, 0.15) is 6.61 Å². The number of aliphatic carboxylic acids is 1. The van der Waals surface area contributed by atoms with Gasteiger partial charge in [-0.3, -0.25) is 4.79 Å². The zero-order chi connectivity index (χ0) is 23.9. The molecule has 1 saturated heterocycles. The Bertz CT molecular complexity index is 1000. The SMILES string of the molecule is O=C(CSCCNC(=O)OCC1c2ccccc2-c2ccccc21)NCC1CCC(C(=O)O)O1. The molecule has 8 nitrogen and oxygen atoms in total. The molecule has 1 aliphatic carbocycles. The lowest BCUT2D eigenvalue weighted by atomic mass is 9.98. The van der Waals surface area contributed by atoms with Crippen LogP contribution in [0.5, 0.6) is 0 Å². The van der Waals surface area contributed by atoms with Crippen LogP contribution >= 0.6 is 11.8 Å². The number of hydrogen-bond donors (Lipinski definition) is 3. The molecule has 0 saturated carbocycles. The van der Waals surface area contributed by atoms with E-state index in [1.54, 1.807) is 0 Å². The number of thioether (sulfide) groups is 1. The first kappa shape index (κ1) is 24.1. The van der Waals surface area contributed by atoms with Crippen LogP contribution in [0.4, 0.5) is 4.79 Å². The van der Waals surface area contributed by atoms with E-state index in [0.717, 1.165) is 0 Å². The number of carbonyl (C=O) groups excluding carboxylic acids is 2. The molecule has 2 unspecified atom stereocenters. The molecule has 2 aromatic carbocycles. The highest BCUT2D eigenvalue weighted by atomic mass is 32.2. The first-order valence-electron chi connectivity index (χ1n) is 11.3. The third-order valence-electron chi connectivity index (χ3n) is 6.00. The Balaban J connectivity index is 1.10. The van der Waals surface area contributed by atoms with Crippen LogP contribution in [0.15, 0.2) is 48.5 Å². The normalized spacial score (nSPS) is 18.7. The number of alkyl carbamates (subject to hydrolysis) is 1. The van der Waals surface area contributed by atoms with Crippen molar-refractivity contribution in [1.29, 1.82) is 0 Å². The van der Waals surface area contributed by atoms with Gasteiger partial charge < -0.3 is 25.2 Å². The molecule has 2 aliphatic rings. The second-order valence-corrected chi connectivity index (χ2v) is 9.38. The van der Waals surface area contributed by atoms with E-state index in [2.05, 4.69) is 34.9 Å². The number of rotatable bonds is 10. The molecule has 0 radical (unpaired) electrons. The van der Waals surface area contributed by atoms with E-state index in [-0.39, 0.29) is 30.3 Å². The van der Waals surface area contributed by atoms with Gasteiger partial charge in [-0.25, -0.2) is 9.59 Å². The maximum atomic E-state index is 12.2. The van der Waals surface area contributed by atoms with Crippen LogP contribution in [-0.2, 0) is 19.1 Å². The molecule has 0 bridgehead atoms. The summed E-state index contributed by atoms with van der Waals surface area (Å²) in [6, 6.07) is 16.4. The fraction of sp³-hybridized carbons (Fsp3) is 0.400. The molecule has 1 heterocycles. The highest BCUT2D eigenvalue weighted by Gasteiger charge is 2.31. The van der Waals surface area contributed by atoms with E-state index >= 15 is 0 Å². The minimum absolute atomic E-state index is 0.0193. The molecule has 3 N–H and O–H groups in total. The topological polar surface area (TPSA) is 114 Å². The minimum atomic E-state index is -0.965. The molecule has 2 atom stereocenters. The number of hydrogen-bond acceptors (Lipinski definition) is 6. The zero-order valence-electron chi connectivity index (χ0n) is 18.7. The number of fused-ring (bicyclic) bond motifs is 3. The van der Waals surface area contributed by atoms with Gasteiger partial charge >= 0.3 is 12.1 Å². The Morgan fingerprint density at radius 2 is 1.68 bits per heavy atom. The molecule has 1 fully saturated rings. The van der Waals surface area contributed by atoms with Gasteiger partial charge in [0.2, 0.25) is 5.91 Å². The van der Waals surface area contributed by atoms with Gasteiger partial charge in [-0.15, -0.1) is 0 Å². The monoisotopic (exact) mass is 484 g/mol. The average molecular weight is 485 g/mol. The average Bonchev–Trinajstić information content (AvgIpc) is 3.44. The number of carbonyl (C=O) groups is 3. The number of amides is 2. The van der Waals surface area contributed by atoms with Crippen molar-refractivity contribution in [1.82, 2.24) is 10.6 Å². The summed E-state index contributed by atoms with van der Waals surface area (Å²) >= 11 is 1.40. The van der Waals surface area contributed by atoms with E-state index < -0.39 is 18.2 Å². The number of nitrogens with one attached hydrogen (secondary N) is 2. The van der Waals surface area contributed by atoms with Crippen molar-refractivity contribution in [3.63, 3.8) is 0 Å². The van der Waals surface area contributed by atoms with Crippen molar-refractivity contribution in [3.05, 3.63) is 59.7 Å². The molecule has 0 aromatic heterocycles. The summed E-state index contributed by atoms with van der Waals surface area (Å²) in [7, 11) is 0. The van der Waals surface area contributed by atoms with Gasteiger partial charge in [-0.2, -0.15) is 11.8 Å². The molecule has 4 rings (SSSR count). The summed E-state index contributed by atoms with van der Waals surface area (Å²) in [5.74, 6) is -0.271. The number of benzene rings is 2. The highest BCUT2D eigenvalue weighted by molar-refractivity contribution is 7.99. The lowest BCUT2D eigenvalue weighted by Crippen LogP contribution is -2.34. The number of ether oxygens (including phenoxy) is 2. The van der Waals surface area contributed by atoms with Crippen molar-refractivity contribution >= 4 is 29.7 Å². The van der Waals surface area contributed by atoms with E-state index in [9.17, 15) is 14.4 Å². The highest BCUT2D eigenvalue weighted by Crippen LogP contribution is 2.44. The van der Waals surface area contributed by atoms with Crippen molar-refractivity contribution in [2.24, 2.45) is 0 Å². The van der Waals surface area contributed by atoms with Gasteiger partial charge in [0, 0.05) is 24.8 Å². The predicted octanol–water partition coefficient (Wildman–Crippen LogP) is 3.01. The lowest BCUT2D eigenvalue weighted by molar-refractivity contribution is -0.149. The maximum absolute atomic E-state index is 12.2. The van der Waals surface area contributed by atoms with Crippen LogP contribution < -0.4 is 10.6 Å². The zero-order valence-corrected chi connectivity index (χ0v) is 19.5. The summed E-state index contributed by atoms with van der Waals surface area (Å²) in [5, 5.41) is 14.4. The summed E-state index contributed by atoms with van der Waals surface area (Å²) in [6.45, 7) is 0.962. The van der Waals surface area contributed by atoms with Crippen LogP contribution in [0.25, 0.3) is 11.1 Å². The fourth-order valence-electron chi connectivity index (χ4n) is 4.36. The predicted molar refractivity (Wildman–Crippen MR) is 129 cm³/mol. The largest absolute Gasteiger partial charge is 0.479 e. The quantitative estimate of drug-likeness (QED) is 0.444. The molecule has 1 aliphatic heterocycles. The van der Waals surface area contributed by atoms with E-state index in [1.807, 2.05) is 24.3 Å². The molecule has 34 heavy (non-hydrogen) atoms. The Morgan fingerprint density at radius 3 is 2.32 bits per heavy atom. The van der Waals surface area contributed by atoms with E-state index in [0.29, 0.717) is 31.7 Å².